The Kier molecular flexibility index (Phi) is 11.8. The van der Waals surface area contributed by atoms with Gasteiger partial charge in [0.25, 0.3) is 11.7 Å². The Hall–Kier alpha value is -2.65. The number of benzene rings is 2. The predicted octanol–water partition coefficient (Wildman–Crippen LogP) is 5.83. The average Bonchev–Trinajstić information content (AvgIpc) is 2.92. The number of rotatable bonds is 16. The van der Waals surface area contributed by atoms with Gasteiger partial charge >= 0.3 is 0 Å². The number of ketones is 2. The maximum atomic E-state index is 13.4. The van der Waals surface area contributed by atoms with Crippen molar-refractivity contribution in [3.05, 3.63) is 70.8 Å². The summed E-state index contributed by atoms with van der Waals surface area (Å²) in [5.74, 6) is -2.31. The Morgan fingerprint density at radius 3 is 1.87 bits per heavy atom. The quantitative estimate of drug-likeness (QED) is 0.117. The van der Waals surface area contributed by atoms with E-state index in [0.717, 1.165) is 19.0 Å². The highest BCUT2D eigenvalue weighted by Crippen LogP contribution is 2.44. The zero-order valence-corrected chi connectivity index (χ0v) is 25.9. The molecule has 0 bridgehead atoms. The lowest BCUT2D eigenvalue weighted by molar-refractivity contribution is -0.176. The van der Waals surface area contributed by atoms with E-state index in [1.807, 2.05) is 7.05 Å². The molecule has 0 saturated heterocycles. The monoisotopic (exact) mass is 554 g/mol. The van der Waals surface area contributed by atoms with Crippen LogP contribution >= 0.6 is 0 Å². The molecule has 7 nitrogen and oxygen atoms in total. The summed E-state index contributed by atoms with van der Waals surface area (Å²) in [7, 11) is 3.32. The summed E-state index contributed by atoms with van der Waals surface area (Å²) in [6, 6.07) is 14.2. The molecular formula is C31H46N2O5Si. The van der Waals surface area contributed by atoms with Crippen LogP contribution in [0.5, 0.6) is 0 Å². The first kappa shape index (κ1) is 32.6. The van der Waals surface area contributed by atoms with Crippen molar-refractivity contribution in [2.45, 2.75) is 70.0 Å². The van der Waals surface area contributed by atoms with Gasteiger partial charge in [-0.2, -0.15) is 0 Å². The molecule has 2 N–H and O–H groups in total. The molecule has 0 saturated carbocycles. The Morgan fingerprint density at radius 2 is 1.36 bits per heavy atom. The number of methoxy groups -OCH3 is 2. The van der Waals surface area contributed by atoms with Crippen LogP contribution in [0.25, 0.3) is 0 Å². The fraction of sp³-hybridized carbons (Fsp3) is 0.516. The van der Waals surface area contributed by atoms with Crippen molar-refractivity contribution in [3.63, 3.8) is 0 Å². The van der Waals surface area contributed by atoms with Gasteiger partial charge in [0.2, 0.25) is 5.78 Å². The van der Waals surface area contributed by atoms with Crippen LogP contribution in [-0.2, 0) is 15.3 Å². The third-order valence-electron chi connectivity index (χ3n) is 8.28. The molecule has 39 heavy (non-hydrogen) atoms. The minimum Gasteiger partial charge on any atom is -0.352 e. The van der Waals surface area contributed by atoms with Gasteiger partial charge in [0.05, 0.1) is 8.07 Å². The van der Waals surface area contributed by atoms with Crippen LogP contribution in [0.2, 0.25) is 24.2 Å². The third kappa shape index (κ3) is 7.94. The van der Waals surface area contributed by atoms with E-state index in [1.54, 1.807) is 48.5 Å². The molecule has 0 aliphatic carbocycles. The maximum absolute atomic E-state index is 13.4. The number of carbonyl (C=O) groups is 3. The summed E-state index contributed by atoms with van der Waals surface area (Å²) in [4.78, 5) is 37.8. The number of carbonyl (C=O) groups excluding carboxylic acids is 3. The van der Waals surface area contributed by atoms with Crippen LogP contribution < -0.4 is 10.6 Å². The first-order valence-electron chi connectivity index (χ1n) is 13.6. The van der Waals surface area contributed by atoms with Gasteiger partial charge < -0.3 is 20.1 Å². The number of hydrogen-bond acceptors (Lipinski definition) is 6. The van der Waals surface area contributed by atoms with Gasteiger partial charge in [0.1, 0.15) is 0 Å². The molecule has 2 aromatic rings. The predicted molar refractivity (Wildman–Crippen MR) is 159 cm³/mol. The normalized spacial score (nSPS) is 12.3. The highest BCUT2D eigenvalue weighted by Gasteiger charge is 2.42. The Labute approximate surface area is 235 Å². The lowest BCUT2D eigenvalue weighted by Crippen LogP contribution is -2.40. The van der Waals surface area contributed by atoms with Crippen LogP contribution in [-0.4, -0.2) is 59.9 Å². The van der Waals surface area contributed by atoms with E-state index in [0.29, 0.717) is 33.8 Å². The second kappa shape index (κ2) is 14.1. The standard InChI is InChI=1S/C31H46N2O5Si/c1-23(34)24-11-13-25(14-12-24)28(35)31(37-5,38-6)27-17-15-26(16-18-27)29(36)33-21-10-22-39(7,8)30(2,3)19-9-20-32-4/h11-18,32H,9-10,19-22H2,1-8H3,(H,33,36). The van der Waals surface area contributed by atoms with Crippen molar-refractivity contribution in [1.29, 1.82) is 0 Å². The van der Waals surface area contributed by atoms with Gasteiger partial charge in [0, 0.05) is 43.0 Å². The fourth-order valence-electron chi connectivity index (χ4n) is 4.74. The summed E-state index contributed by atoms with van der Waals surface area (Å²) in [6.45, 7) is 12.8. The zero-order chi connectivity index (χ0) is 29.3. The third-order valence-corrected chi connectivity index (χ3v) is 13.8. The smallest absolute Gasteiger partial charge is 0.260 e. The fourth-order valence-corrected chi connectivity index (χ4v) is 7.33. The molecule has 2 rings (SSSR count). The lowest BCUT2D eigenvalue weighted by Gasteiger charge is -2.40. The molecule has 214 valence electrons. The Balaban J connectivity index is 2.04. The molecule has 0 aromatic heterocycles. The Morgan fingerprint density at radius 1 is 0.821 bits per heavy atom. The summed E-state index contributed by atoms with van der Waals surface area (Å²) >= 11 is 0. The largest absolute Gasteiger partial charge is 0.352 e. The molecule has 8 heteroatoms. The molecule has 0 radical (unpaired) electrons. The van der Waals surface area contributed by atoms with Gasteiger partial charge in [0.15, 0.2) is 5.78 Å². The van der Waals surface area contributed by atoms with Crippen LogP contribution in [0.4, 0.5) is 0 Å². The molecular weight excluding hydrogens is 508 g/mol. The second-order valence-electron chi connectivity index (χ2n) is 11.4. The lowest BCUT2D eigenvalue weighted by atomic mass is 9.94. The number of hydrogen-bond donors (Lipinski definition) is 2. The molecule has 0 heterocycles. The van der Waals surface area contributed by atoms with Crippen molar-refractivity contribution < 1.29 is 23.9 Å². The molecule has 2 aromatic carbocycles. The van der Waals surface area contributed by atoms with Gasteiger partial charge in [-0.3, -0.25) is 14.4 Å². The summed E-state index contributed by atoms with van der Waals surface area (Å²) < 4.78 is 11.2. The van der Waals surface area contributed by atoms with Crippen LogP contribution in [0.1, 0.15) is 76.7 Å². The molecule has 0 unspecified atom stereocenters. The van der Waals surface area contributed by atoms with E-state index in [-0.39, 0.29) is 11.7 Å². The van der Waals surface area contributed by atoms with Gasteiger partial charge in [-0.05, 0) is 56.9 Å². The average molecular weight is 555 g/mol. The first-order chi connectivity index (χ1) is 18.3. The van der Waals surface area contributed by atoms with Crippen LogP contribution in [0.3, 0.4) is 0 Å². The summed E-state index contributed by atoms with van der Waals surface area (Å²) in [5, 5.41) is 6.62. The Bertz CT molecular complexity index is 1110. The SMILES string of the molecule is CNCCCC(C)(C)[Si](C)(C)CCCNC(=O)c1ccc(C(OC)(OC)C(=O)c2ccc(C(C)=O)cc2)cc1. The highest BCUT2D eigenvalue weighted by atomic mass is 28.3. The van der Waals surface area contributed by atoms with Gasteiger partial charge in [-0.15, -0.1) is 0 Å². The van der Waals surface area contributed by atoms with Gasteiger partial charge in [-0.25, -0.2) is 0 Å². The maximum Gasteiger partial charge on any atom is 0.260 e. The van der Waals surface area contributed by atoms with Crippen molar-refractivity contribution in [1.82, 2.24) is 10.6 Å². The van der Waals surface area contributed by atoms with E-state index in [4.69, 9.17) is 9.47 Å². The minimum atomic E-state index is -1.68. The molecule has 0 atom stereocenters. The highest BCUT2D eigenvalue weighted by molar-refractivity contribution is 6.80. The first-order valence-corrected chi connectivity index (χ1v) is 16.9. The van der Waals surface area contributed by atoms with Crippen molar-refractivity contribution in [2.24, 2.45) is 0 Å². The second-order valence-corrected chi connectivity index (χ2v) is 17.0. The van der Waals surface area contributed by atoms with E-state index in [9.17, 15) is 14.4 Å². The number of Topliss-reactive ketones (excluding diaryl/α,β-unsaturated/α-hetero) is 2. The number of amides is 1. The summed E-state index contributed by atoms with van der Waals surface area (Å²) in [5.41, 5.74) is 1.84. The van der Waals surface area contributed by atoms with Crippen molar-refractivity contribution in [3.8, 4) is 0 Å². The summed E-state index contributed by atoms with van der Waals surface area (Å²) in [6.07, 6.45) is 3.34. The number of nitrogens with one attached hydrogen (secondary N) is 2. The molecule has 0 aliphatic heterocycles. The molecule has 0 aliphatic rings. The molecule has 0 fully saturated rings. The van der Waals surface area contributed by atoms with Crippen molar-refractivity contribution in [2.75, 3.05) is 34.4 Å². The topological polar surface area (TPSA) is 93.7 Å². The minimum absolute atomic E-state index is 0.0811. The van der Waals surface area contributed by atoms with E-state index >= 15 is 0 Å². The van der Waals surface area contributed by atoms with Crippen molar-refractivity contribution >= 4 is 25.5 Å². The van der Waals surface area contributed by atoms with E-state index in [1.165, 1.54) is 34.0 Å². The van der Waals surface area contributed by atoms with Crippen LogP contribution in [0, 0.1) is 0 Å². The van der Waals surface area contributed by atoms with E-state index in [2.05, 4.69) is 37.6 Å². The molecule has 0 spiro atoms. The zero-order valence-electron chi connectivity index (χ0n) is 24.9. The number of ether oxygens (including phenoxy) is 2. The van der Waals surface area contributed by atoms with Gasteiger partial charge in [-0.1, -0.05) is 69.4 Å². The van der Waals surface area contributed by atoms with Crippen LogP contribution in [0.15, 0.2) is 48.5 Å². The van der Waals surface area contributed by atoms with E-state index < -0.39 is 19.6 Å². The molecule has 1 amide bonds.